The van der Waals surface area contributed by atoms with Crippen LogP contribution in [0.3, 0.4) is 0 Å². The lowest BCUT2D eigenvalue weighted by atomic mass is 10.1. The first kappa shape index (κ1) is 12.9. The Kier molecular flexibility index (Phi) is 4.19. The number of aryl methyl sites for hydroxylation is 1. The Hall–Kier alpha value is -1.56. The van der Waals surface area contributed by atoms with Gasteiger partial charge in [0.15, 0.2) is 0 Å². The number of nitrogen functional groups attached to an aromatic ring is 1. The Bertz CT molecular complexity index is 501. The molecule has 0 fully saturated rings. The number of furan rings is 1. The van der Waals surface area contributed by atoms with E-state index < -0.39 is 0 Å². The van der Waals surface area contributed by atoms with Crippen LogP contribution >= 0.6 is 15.9 Å². The van der Waals surface area contributed by atoms with Crippen molar-refractivity contribution in [3.05, 3.63) is 35.0 Å². The van der Waals surface area contributed by atoms with Gasteiger partial charge in [-0.05, 0) is 41.4 Å². The molecule has 2 heterocycles. The largest absolute Gasteiger partial charge is 0.469 e. The first-order valence-electron chi connectivity index (χ1n) is 5.71. The summed E-state index contributed by atoms with van der Waals surface area (Å²) >= 11 is 3.37. The number of aromatic nitrogens is 2. The van der Waals surface area contributed by atoms with Crippen molar-refractivity contribution in [2.45, 2.75) is 25.8 Å². The highest BCUT2D eigenvalue weighted by Gasteiger charge is 2.09. The topological polar surface area (TPSA) is 77.0 Å². The van der Waals surface area contributed by atoms with Crippen molar-refractivity contribution in [2.24, 2.45) is 0 Å². The van der Waals surface area contributed by atoms with Gasteiger partial charge in [-0.25, -0.2) is 9.97 Å². The van der Waals surface area contributed by atoms with E-state index in [1.54, 1.807) is 6.26 Å². The lowest BCUT2D eigenvalue weighted by Gasteiger charge is -2.15. The van der Waals surface area contributed by atoms with Crippen molar-refractivity contribution in [3.63, 3.8) is 0 Å². The quantitative estimate of drug-likeness (QED) is 0.888. The van der Waals surface area contributed by atoms with Crippen LogP contribution in [0.15, 0.2) is 33.6 Å². The Morgan fingerprint density at radius 3 is 3.06 bits per heavy atom. The highest BCUT2D eigenvalue weighted by atomic mass is 79.9. The van der Waals surface area contributed by atoms with E-state index in [0.717, 1.165) is 24.4 Å². The highest BCUT2D eigenvalue weighted by molar-refractivity contribution is 9.10. The molecule has 0 saturated carbocycles. The summed E-state index contributed by atoms with van der Waals surface area (Å²) in [7, 11) is 0. The predicted octanol–water partition coefficient (Wildman–Crippen LogP) is 2.85. The monoisotopic (exact) mass is 310 g/mol. The van der Waals surface area contributed by atoms with E-state index in [1.807, 2.05) is 12.1 Å². The Labute approximate surface area is 114 Å². The van der Waals surface area contributed by atoms with Gasteiger partial charge in [0.2, 0.25) is 0 Å². The number of hydrogen-bond acceptors (Lipinski definition) is 5. The van der Waals surface area contributed by atoms with Crippen LogP contribution in [0, 0.1) is 0 Å². The van der Waals surface area contributed by atoms with Gasteiger partial charge in [0.1, 0.15) is 28.2 Å². The zero-order valence-corrected chi connectivity index (χ0v) is 11.6. The van der Waals surface area contributed by atoms with E-state index in [0.29, 0.717) is 10.3 Å². The van der Waals surface area contributed by atoms with Gasteiger partial charge < -0.3 is 15.5 Å². The zero-order chi connectivity index (χ0) is 13.0. The number of nitrogens with two attached hydrogens (primary N) is 1. The van der Waals surface area contributed by atoms with Crippen LogP contribution in [0.1, 0.15) is 19.1 Å². The lowest BCUT2D eigenvalue weighted by Crippen LogP contribution is -2.17. The summed E-state index contributed by atoms with van der Waals surface area (Å²) in [5.41, 5.74) is 5.69. The molecule has 96 valence electrons. The minimum atomic E-state index is 0.265. The number of halogens is 1. The minimum absolute atomic E-state index is 0.265. The first-order chi connectivity index (χ1) is 8.66. The summed E-state index contributed by atoms with van der Waals surface area (Å²) in [6.45, 7) is 2.09. The molecule has 0 aliphatic heterocycles. The molecule has 2 rings (SSSR count). The molecule has 2 aromatic heterocycles. The maximum Gasteiger partial charge on any atom is 0.146 e. The van der Waals surface area contributed by atoms with Gasteiger partial charge in [0, 0.05) is 12.5 Å². The fraction of sp³-hybridized carbons (Fsp3) is 0.333. The molecule has 3 N–H and O–H groups in total. The summed E-state index contributed by atoms with van der Waals surface area (Å²) < 4.78 is 6.00. The van der Waals surface area contributed by atoms with Crippen LogP contribution in [0.25, 0.3) is 0 Å². The third-order valence-electron chi connectivity index (χ3n) is 2.60. The second-order valence-electron chi connectivity index (χ2n) is 4.08. The predicted molar refractivity (Wildman–Crippen MR) is 74.3 cm³/mol. The molecule has 0 aliphatic carbocycles. The van der Waals surface area contributed by atoms with E-state index >= 15 is 0 Å². The summed E-state index contributed by atoms with van der Waals surface area (Å²) in [4.78, 5) is 8.05. The van der Waals surface area contributed by atoms with Crippen LogP contribution in [0.2, 0.25) is 0 Å². The van der Waals surface area contributed by atoms with Gasteiger partial charge in [0.05, 0.1) is 6.26 Å². The normalized spacial score (nSPS) is 12.3. The maximum absolute atomic E-state index is 5.69. The molecule has 0 amide bonds. The molecule has 0 spiro atoms. The fourth-order valence-corrected chi connectivity index (χ4v) is 1.92. The molecule has 0 aliphatic rings. The van der Waals surface area contributed by atoms with Crippen LogP contribution in [-0.2, 0) is 6.42 Å². The second kappa shape index (κ2) is 5.86. The standard InChI is InChI=1S/C12H15BrN4O/c1-8(4-5-9-3-2-6-18-9)17-12-10(13)11(14)15-7-16-12/h2-3,6-8H,4-5H2,1H3,(H3,14,15,16,17). The number of nitrogens with zero attached hydrogens (tertiary/aromatic N) is 2. The van der Waals surface area contributed by atoms with Gasteiger partial charge in [-0.15, -0.1) is 0 Å². The fourth-order valence-electron chi connectivity index (χ4n) is 1.60. The molecular weight excluding hydrogens is 296 g/mol. The van der Waals surface area contributed by atoms with Crippen LogP contribution in [0.4, 0.5) is 11.6 Å². The number of anilines is 2. The molecule has 18 heavy (non-hydrogen) atoms. The number of hydrogen-bond donors (Lipinski definition) is 2. The molecular formula is C12H15BrN4O. The van der Waals surface area contributed by atoms with Gasteiger partial charge in [0.25, 0.3) is 0 Å². The molecule has 5 nitrogen and oxygen atoms in total. The van der Waals surface area contributed by atoms with E-state index in [4.69, 9.17) is 10.2 Å². The molecule has 2 aromatic rings. The van der Waals surface area contributed by atoms with Crippen LogP contribution < -0.4 is 11.1 Å². The average molecular weight is 311 g/mol. The molecule has 0 bridgehead atoms. The van der Waals surface area contributed by atoms with Crippen molar-refractivity contribution >= 4 is 27.6 Å². The highest BCUT2D eigenvalue weighted by Crippen LogP contribution is 2.24. The maximum atomic E-state index is 5.69. The Morgan fingerprint density at radius 2 is 2.33 bits per heavy atom. The van der Waals surface area contributed by atoms with Crippen LogP contribution in [0.5, 0.6) is 0 Å². The van der Waals surface area contributed by atoms with Gasteiger partial charge in [-0.3, -0.25) is 0 Å². The van der Waals surface area contributed by atoms with E-state index in [2.05, 4.69) is 38.1 Å². The second-order valence-corrected chi connectivity index (χ2v) is 4.88. The smallest absolute Gasteiger partial charge is 0.146 e. The van der Waals surface area contributed by atoms with Gasteiger partial charge >= 0.3 is 0 Å². The summed E-state index contributed by atoms with van der Waals surface area (Å²) in [6.07, 6.45) is 4.97. The van der Waals surface area contributed by atoms with Crippen LogP contribution in [-0.4, -0.2) is 16.0 Å². The van der Waals surface area contributed by atoms with Crippen molar-refractivity contribution in [1.82, 2.24) is 9.97 Å². The molecule has 1 unspecified atom stereocenters. The summed E-state index contributed by atoms with van der Waals surface area (Å²) in [5.74, 6) is 2.14. The third kappa shape index (κ3) is 3.22. The van der Waals surface area contributed by atoms with Crippen molar-refractivity contribution < 1.29 is 4.42 Å². The molecule has 0 saturated heterocycles. The lowest BCUT2D eigenvalue weighted by molar-refractivity contribution is 0.495. The molecule has 6 heteroatoms. The SMILES string of the molecule is CC(CCc1ccco1)Nc1ncnc(N)c1Br. The molecule has 1 atom stereocenters. The first-order valence-corrected chi connectivity index (χ1v) is 6.51. The summed E-state index contributed by atoms with van der Waals surface area (Å²) in [6, 6.07) is 4.14. The third-order valence-corrected chi connectivity index (χ3v) is 3.39. The van der Waals surface area contributed by atoms with Gasteiger partial charge in [-0.2, -0.15) is 0 Å². The summed E-state index contributed by atoms with van der Waals surface area (Å²) in [5, 5.41) is 3.29. The molecule has 0 radical (unpaired) electrons. The number of nitrogens with one attached hydrogen (secondary N) is 1. The van der Waals surface area contributed by atoms with Crippen molar-refractivity contribution in [3.8, 4) is 0 Å². The molecule has 0 aromatic carbocycles. The Morgan fingerprint density at radius 1 is 1.50 bits per heavy atom. The van der Waals surface area contributed by atoms with E-state index in [9.17, 15) is 0 Å². The average Bonchev–Trinajstić information content (AvgIpc) is 2.86. The number of rotatable bonds is 5. The van der Waals surface area contributed by atoms with Crippen molar-refractivity contribution in [2.75, 3.05) is 11.1 Å². The van der Waals surface area contributed by atoms with Crippen molar-refractivity contribution in [1.29, 1.82) is 0 Å². The zero-order valence-electron chi connectivity index (χ0n) is 10.1. The van der Waals surface area contributed by atoms with E-state index in [-0.39, 0.29) is 6.04 Å². The minimum Gasteiger partial charge on any atom is -0.469 e. The van der Waals surface area contributed by atoms with E-state index in [1.165, 1.54) is 6.33 Å². The Balaban J connectivity index is 1.90. The van der Waals surface area contributed by atoms with Gasteiger partial charge in [-0.1, -0.05) is 0 Å².